The average Bonchev–Trinajstić information content (AvgIpc) is 2.47. The molecular formula is C16H22ClNO2. The monoisotopic (exact) mass is 295 g/mol. The number of likely N-dealkylation sites (tertiary alicyclic amines) is 1. The molecule has 1 saturated heterocycles. The molecule has 4 heteroatoms. The summed E-state index contributed by atoms with van der Waals surface area (Å²) in [6.45, 7) is 3.70. The average molecular weight is 296 g/mol. The summed E-state index contributed by atoms with van der Waals surface area (Å²) in [5.74, 6) is 0.738. The number of ether oxygens (including phenoxy) is 1. The van der Waals surface area contributed by atoms with E-state index in [4.69, 9.17) is 16.3 Å². The van der Waals surface area contributed by atoms with Crippen LogP contribution in [0.4, 0.5) is 0 Å². The lowest BCUT2D eigenvalue weighted by atomic mass is 9.99. The van der Waals surface area contributed by atoms with E-state index >= 15 is 0 Å². The standard InChI is InChI=1S/C16H22ClNO2/c1-3-13-6-4-5-9-18(13)11-15(19)12-7-8-16(20-2)14(17)10-12/h7-8,10,13H,3-6,9,11H2,1-2H3. The summed E-state index contributed by atoms with van der Waals surface area (Å²) in [5, 5.41) is 0.490. The number of methoxy groups -OCH3 is 1. The Morgan fingerprint density at radius 2 is 2.25 bits per heavy atom. The molecule has 0 radical (unpaired) electrons. The zero-order valence-electron chi connectivity index (χ0n) is 12.2. The molecule has 20 heavy (non-hydrogen) atoms. The maximum absolute atomic E-state index is 12.4. The molecule has 0 aliphatic carbocycles. The van der Waals surface area contributed by atoms with Gasteiger partial charge in [0.25, 0.3) is 0 Å². The number of hydrogen-bond acceptors (Lipinski definition) is 3. The Morgan fingerprint density at radius 3 is 2.90 bits per heavy atom. The van der Waals surface area contributed by atoms with Crippen molar-refractivity contribution in [1.29, 1.82) is 0 Å². The molecule has 1 heterocycles. The summed E-state index contributed by atoms with van der Waals surface area (Å²) in [7, 11) is 1.57. The lowest BCUT2D eigenvalue weighted by Gasteiger charge is -2.34. The van der Waals surface area contributed by atoms with Crippen molar-refractivity contribution in [3.63, 3.8) is 0 Å². The van der Waals surface area contributed by atoms with Crippen molar-refractivity contribution < 1.29 is 9.53 Å². The van der Waals surface area contributed by atoms with E-state index in [1.807, 2.05) is 0 Å². The fourth-order valence-electron chi connectivity index (χ4n) is 2.85. The van der Waals surface area contributed by atoms with Crippen LogP contribution in [0.3, 0.4) is 0 Å². The maximum Gasteiger partial charge on any atom is 0.176 e. The summed E-state index contributed by atoms with van der Waals surface area (Å²) >= 11 is 6.08. The number of nitrogens with zero attached hydrogens (tertiary/aromatic N) is 1. The fourth-order valence-corrected chi connectivity index (χ4v) is 3.10. The number of carbonyl (C=O) groups excluding carboxylic acids is 1. The third-order valence-corrected chi connectivity index (χ3v) is 4.34. The molecule has 0 N–H and O–H groups in total. The van der Waals surface area contributed by atoms with Crippen LogP contribution in [-0.4, -0.2) is 36.9 Å². The molecule has 3 nitrogen and oxygen atoms in total. The van der Waals surface area contributed by atoms with Gasteiger partial charge in [0.15, 0.2) is 5.78 Å². The van der Waals surface area contributed by atoms with Crippen molar-refractivity contribution in [1.82, 2.24) is 4.90 Å². The second-order valence-corrected chi connectivity index (χ2v) is 5.71. The summed E-state index contributed by atoms with van der Waals surface area (Å²) in [5.41, 5.74) is 0.663. The van der Waals surface area contributed by atoms with Crippen molar-refractivity contribution in [2.75, 3.05) is 20.2 Å². The topological polar surface area (TPSA) is 29.5 Å². The highest BCUT2D eigenvalue weighted by Gasteiger charge is 2.23. The van der Waals surface area contributed by atoms with Gasteiger partial charge in [0.1, 0.15) is 5.75 Å². The van der Waals surface area contributed by atoms with Gasteiger partial charge in [0.2, 0.25) is 0 Å². The van der Waals surface area contributed by atoms with Gasteiger partial charge in [-0.25, -0.2) is 0 Å². The molecule has 1 atom stereocenters. The van der Waals surface area contributed by atoms with Crippen molar-refractivity contribution >= 4 is 17.4 Å². The third-order valence-electron chi connectivity index (χ3n) is 4.04. The Labute approximate surface area is 125 Å². The first-order valence-electron chi connectivity index (χ1n) is 7.26. The molecule has 0 aromatic heterocycles. The third kappa shape index (κ3) is 3.53. The highest BCUT2D eigenvalue weighted by molar-refractivity contribution is 6.32. The number of Topliss-reactive ketones (excluding diaryl/α,β-unsaturated/α-hetero) is 1. The highest BCUT2D eigenvalue weighted by Crippen LogP contribution is 2.26. The molecule has 110 valence electrons. The van der Waals surface area contributed by atoms with E-state index in [1.54, 1.807) is 25.3 Å². The molecular weight excluding hydrogens is 274 g/mol. The minimum atomic E-state index is 0.134. The van der Waals surface area contributed by atoms with Gasteiger partial charge in [0.05, 0.1) is 18.7 Å². The molecule has 0 bridgehead atoms. The molecule has 1 unspecified atom stereocenters. The number of piperidine rings is 1. The molecule has 1 aliphatic rings. The Balaban J connectivity index is 2.05. The van der Waals surface area contributed by atoms with E-state index < -0.39 is 0 Å². The molecule has 1 fully saturated rings. The molecule has 2 rings (SSSR count). The van der Waals surface area contributed by atoms with Crippen LogP contribution in [-0.2, 0) is 0 Å². The van der Waals surface area contributed by atoms with Crippen LogP contribution in [0.15, 0.2) is 18.2 Å². The van der Waals surface area contributed by atoms with Gasteiger partial charge < -0.3 is 4.74 Å². The van der Waals surface area contributed by atoms with Crippen LogP contribution in [0.2, 0.25) is 5.02 Å². The zero-order valence-corrected chi connectivity index (χ0v) is 12.9. The minimum Gasteiger partial charge on any atom is -0.495 e. The summed E-state index contributed by atoms with van der Waals surface area (Å²) in [6, 6.07) is 5.79. The predicted octanol–water partition coefficient (Wildman–Crippen LogP) is 3.80. The first-order valence-corrected chi connectivity index (χ1v) is 7.64. The van der Waals surface area contributed by atoms with Crippen molar-refractivity contribution in [3.05, 3.63) is 28.8 Å². The van der Waals surface area contributed by atoms with Crippen molar-refractivity contribution in [2.24, 2.45) is 0 Å². The smallest absolute Gasteiger partial charge is 0.176 e. The molecule has 1 aromatic carbocycles. The summed E-state index contributed by atoms with van der Waals surface area (Å²) < 4.78 is 5.11. The molecule has 0 spiro atoms. The number of rotatable bonds is 5. The van der Waals surface area contributed by atoms with Crippen molar-refractivity contribution in [2.45, 2.75) is 38.6 Å². The second kappa shape index (κ2) is 7.09. The summed E-state index contributed by atoms with van der Waals surface area (Å²) in [4.78, 5) is 14.7. The Morgan fingerprint density at radius 1 is 1.45 bits per heavy atom. The van der Waals surface area contributed by atoms with Gasteiger partial charge in [-0.05, 0) is 44.0 Å². The number of halogens is 1. The van der Waals surface area contributed by atoms with Gasteiger partial charge in [-0.1, -0.05) is 24.9 Å². The van der Waals surface area contributed by atoms with Gasteiger partial charge in [-0.2, -0.15) is 0 Å². The predicted molar refractivity (Wildman–Crippen MR) is 81.8 cm³/mol. The van der Waals surface area contributed by atoms with E-state index in [0.29, 0.717) is 28.9 Å². The van der Waals surface area contributed by atoms with Crippen molar-refractivity contribution in [3.8, 4) is 5.75 Å². The lowest BCUT2D eigenvalue weighted by Crippen LogP contribution is -2.42. The normalized spacial score (nSPS) is 19.9. The molecule has 0 saturated carbocycles. The van der Waals surface area contributed by atoms with Crippen LogP contribution in [0, 0.1) is 0 Å². The summed E-state index contributed by atoms with van der Waals surface area (Å²) in [6.07, 6.45) is 4.77. The molecule has 1 aliphatic heterocycles. The van der Waals surface area contributed by atoms with Gasteiger partial charge in [0, 0.05) is 11.6 Å². The molecule has 0 amide bonds. The van der Waals surface area contributed by atoms with Crippen LogP contribution < -0.4 is 4.74 Å². The Kier molecular flexibility index (Phi) is 5.44. The maximum atomic E-state index is 12.4. The lowest BCUT2D eigenvalue weighted by molar-refractivity contribution is 0.0838. The van der Waals surface area contributed by atoms with Gasteiger partial charge in [-0.15, -0.1) is 0 Å². The van der Waals surface area contributed by atoms with Crippen LogP contribution in [0.5, 0.6) is 5.75 Å². The first-order chi connectivity index (χ1) is 9.65. The largest absolute Gasteiger partial charge is 0.495 e. The van der Waals surface area contributed by atoms with E-state index in [0.717, 1.165) is 13.0 Å². The first kappa shape index (κ1) is 15.3. The number of benzene rings is 1. The van der Waals surface area contributed by atoms with Crippen LogP contribution in [0.1, 0.15) is 43.0 Å². The van der Waals surface area contributed by atoms with Crippen LogP contribution >= 0.6 is 11.6 Å². The molecule has 1 aromatic rings. The van der Waals surface area contributed by atoms with E-state index in [2.05, 4.69) is 11.8 Å². The Hall–Kier alpha value is -1.06. The van der Waals surface area contributed by atoms with E-state index in [-0.39, 0.29) is 5.78 Å². The minimum absolute atomic E-state index is 0.134. The van der Waals surface area contributed by atoms with E-state index in [1.165, 1.54) is 19.3 Å². The zero-order chi connectivity index (χ0) is 14.5. The number of hydrogen-bond donors (Lipinski definition) is 0. The highest BCUT2D eigenvalue weighted by atomic mass is 35.5. The number of carbonyl (C=O) groups is 1. The number of ketones is 1. The SMILES string of the molecule is CCC1CCCCN1CC(=O)c1ccc(OC)c(Cl)c1. The Bertz CT molecular complexity index is 476. The van der Waals surface area contributed by atoms with Gasteiger partial charge >= 0.3 is 0 Å². The van der Waals surface area contributed by atoms with Crippen LogP contribution in [0.25, 0.3) is 0 Å². The quantitative estimate of drug-likeness (QED) is 0.774. The van der Waals surface area contributed by atoms with E-state index in [9.17, 15) is 4.79 Å². The second-order valence-electron chi connectivity index (χ2n) is 5.30. The van der Waals surface area contributed by atoms with Gasteiger partial charge in [-0.3, -0.25) is 9.69 Å². The fraction of sp³-hybridized carbons (Fsp3) is 0.562.